The number of fused-ring (bicyclic) bond motifs is 1. The van der Waals surface area contributed by atoms with Gasteiger partial charge in [-0.15, -0.1) is 0 Å². The first kappa shape index (κ1) is 19.3. The van der Waals surface area contributed by atoms with Crippen LogP contribution in [-0.2, 0) is 12.6 Å². The lowest BCUT2D eigenvalue weighted by Gasteiger charge is -2.33. The highest BCUT2D eigenvalue weighted by Crippen LogP contribution is 2.38. The molecule has 3 nitrogen and oxygen atoms in total. The number of allylic oxidation sites excluding steroid dienone is 1. The van der Waals surface area contributed by atoms with Crippen LogP contribution in [0.1, 0.15) is 45.5 Å². The predicted octanol–water partition coefficient (Wildman–Crippen LogP) is 5.07. The second-order valence-electron chi connectivity index (χ2n) is 7.53. The lowest BCUT2D eigenvalue weighted by molar-refractivity contribution is -0.137. The molecule has 1 amide bonds. The Morgan fingerprint density at radius 1 is 1.10 bits per heavy atom. The van der Waals surface area contributed by atoms with Gasteiger partial charge in [-0.3, -0.25) is 4.79 Å². The number of nitriles is 1. The molecular weight excluding hydrogens is 377 g/mol. The number of halogens is 3. The van der Waals surface area contributed by atoms with E-state index < -0.39 is 11.7 Å². The molecule has 0 aromatic heterocycles. The van der Waals surface area contributed by atoms with Gasteiger partial charge in [0.05, 0.1) is 22.8 Å². The molecular formula is C23H19F3N2O. The summed E-state index contributed by atoms with van der Waals surface area (Å²) < 4.78 is 38.8. The number of hydrogen-bond donors (Lipinski definition) is 0. The maximum absolute atomic E-state index is 12.9. The number of amides is 1. The summed E-state index contributed by atoms with van der Waals surface area (Å²) in [5, 5.41) is 9.21. The van der Waals surface area contributed by atoms with Crippen LogP contribution in [0.3, 0.4) is 0 Å². The Hall–Kier alpha value is -3.07. The molecule has 0 saturated carbocycles. The highest BCUT2D eigenvalue weighted by Gasteiger charge is 2.33. The lowest BCUT2D eigenvalue weighted by atomic mass is 9.87. The van der Waals surface area contributed by atoms with Crippen molar-refractivity contribution in [2.45, 2.75) is 25.4 Å². The van der Waals surface area contributed by atoms with Gasteiger partial charge in [-0.05, 0) is 60.6 Å². The fourth-order valence-electron chi connectivity index (χ4n) is 4.19. The van der Waals surface area contributed by atoms with Crippen molar-refractivity contribution in [3.05, 3.63) is 75.9 Å². The Bertz CT molecular complexity index is 1030. The van der Waals surface area contributed by atoms with Crippen LogP contribution in [0.15, 0.2) is 48.0 Å². The third kappa shape index (κ3) is 3.77. The lowest BCUT2D eigenvalue weighted by Crippen LogP contribution is -2.39. The van der Waals surface area contributed by atoms with Crippen LogP contribution >= 0.6 is 0 Å². The van der Waals surface area contributed by atoms with E-state index in [1.165, 1.54) is 6.07 Å². The van der Waals surface area contributed by atoms with Crippen LogP contribution in [0.5, 0.6) is 0 Å². The molecule has 0 spiro atoms. The van der Waals surface area contributed by atoms with Crippen molar-refractivity contribution in [3.8, 4) is 6.07 Å². The van der Waals surface area contributed by atoms with Gasteiger partial charge in [0.25, 0.3) is 5.91 Å². The first-order chi connectivity index (χ1) is 13.9. The molecule has 1 fully saturated rings. The second kappa shape index (κ2) is 7.40. The summed E-state index contributed by atoms with van der Waals surface area (Å²) >= 11 is 0. The van der Waals surface area contributed by atoms with E-state index in [0.29, 0.717) is 36.2 Å². The van der Waals surface area contributed by atoms with Gasteiger partial charge in [-0.2, -0.15) is 18.4 Å². The topological polar surface area (TPSA) is 44.1 Å². The first-order valence-electron chi connectivity index (χ1n) is 9.56. The Labute approximate surface area is 167 Å². The van der Waals surface area contributed by atoms with Crippen molar-refractivity contribution in [1.29, 1.82) is 5.26 Å². The summed E-state index contributed by atoms with van der Waals surface area (Å²) in [6, 6.07) is 12.8. The summed E-state index contributed by atoms with van der Waals surface area (Å²) in [6.45, 7) is 1.15. The second-order valence-corrected chi connectivity index (χ2v) is 7.53. The number of benzene rings is 2. The largest absolute Gasteiger partial charge is 0.416 e. The summed E-state index contributed by atoms with van der Waals surface area (Å²) in [4.78, 5) is 14.5. The number of alkyl halides is 3. The number of carbonyl (C=O) groups excluding carboxylic acids is 1. The third-order valence-corrected chi connectivity index (χ3v) is 5.79. The van der Waals surface area contributed by atoms with E-state index in [4.69, 9.17) is 0 Å². The summed E-state index contributed by atoms with van der Waals surface area (Å²) in [5.41, 5.74) is 2.88. The highest BCUT2D eigenvalue weighted by molar-refractivity contribution is 5.96. The minimum atomic E-state index is -4.34. The summed E-state index contributed by atoms with van der Waals surface area (Å²) in [6.07, 6.45) is -0.239. The average molecular weight is 396 g/mol. The monoisotopic (exact) mass is 396 g/mol. The molecule has 29 heavy (non-hydrogen) atoms. The van der Waals surface area contributed by atoms with Gasteiger partial charge >= 0.3 is 6.18 Å². The molecule has 0 bridgehead atoms. The van der Waals surface area contributed by atoms with E-state index in [2.05, 4.69) is 6.07 Å². The zero-order valence-electron chi connectivity index (χ0n) is 15.7. The zero-order chi connectivity index (χ0) is 20.6. The van der Waals surface area contributed by atoms with Crippen LogP contribution < -0.4 is 0 Å². The minimum Gasteiger partial charge on any atom is -0.339 e. The quantitative estimate of drug-likeness (QED) is 0.712. The molecule has 1 saturated heterocycles. The number of piperidine rings is 1. The van der Waals surface area contributed by atoms with Gasteiger partial charge in [0.1, 0.15) is 0 Å². The molecule has 1 heterocycles. The summed E-state index contributed by atoms with van der Waals surface area (Å²) in [5.74, 6) is 0.117. The van der Waals surface area contributed by atoms with Crippen molar-refractivity contribution >= 4 is 12.0 Å². The number of likely N-dealkylation sites (tertiary alicyclic amines) is 1. The molecule has 0 unspecified atom stereocenters. The van der Waals surface area contributed by atoms with Crippen molar-refractivity contribution in [3.63, 3.8) is 0 Å². The summed E-state index contributed by atoms with van der Waals surface area (Å²) in [7, 11) is 0. The van der Waals surface area contributed by atoms with Crippen LogP contribution in [0.2, 0.25) is 0 Å². The van der Waals surface area contributed by atoms with Crippen LogP contribution in [0, 0.1) is 17.2 Å². The highest BCUT2D eigenvalue weighted by atomic mass is 19.4. The number of carbonyl (C=O) groups is 1. The van der Waals surface area contributed by atoms with Crippen LogP contribution in [0.25, 0.3) is 6.08 Å². The molecule has 148 valence electrons. The van der Waals surface area contributed by atoms with E-state index in [-0.39, 0.29) is 11.8 Å². The molecule has 1 aliphatic heterocycles. The molecule has 2 aromatic carbocycles. The minimum absolute atomic E-state index is 0.140. The third-order valence-electron chi connectivity index (χ3n) is 5.79. The van der Waals surface area contributed by atoms with Crippen LogP contribution in [0.4, 0.5) is 13.2 Å². The van der Waals surface area contributed by atoms with E-state index in [1.54, 1.807) is 35.2 Å². The fourth-order valence-corrected chi connectivity index (χ4v) is 4.19. The predicted molar refractivity (Wildman–Crippen MR) is 103 cm³/mol. The molecule has 2 aromatic rings. The van der Waals surface area contributed by atoms with E-state index >= 15 is 0 Å². The van der Waals surface area contributed by atoms with Crippen molar-refractivity contribution in [2.75, 3.05) is 13.1 Å². The number of rotatable bonds is 2. The van der Waals surface area contributed by atoms with E-state index in [0.717, 1.165) is 30.0 Å². The first-order valence-corrected chi connectivity index (χ1v) is 9.56. The van der Waals surface area contributed by atoms with Gasteiger partial charge in [-0.1, -0.05) is 29.8 Å². The molecule has 2 aliphatic rings. The Kier molecular flexibility index (Phi) is 4.91. The fraction of sp³-hybridized carbons (Fsp3) is 0.304. The smallest absolute Gasteiger partial charge is 0.339 e. The SMILES string of the molecule is N#Cc1ccccc1C(=O)N1CCC(C2=Cc3cc(C(F)(F)F)ccc3C2)CC1. The average Bonchev–Trinajstić information content (AvgIpc) is 3.16. The van der Waals surface area contributed by atoms with Gasteiger partial charge in [0.2, 0.25) is 0 Å². The van der Waals surface area contributed by atoms with E-state index in [9.17, 15) is 23.2 Å². The van der Waals surface area contributed by atoms with Crippen molar-refractivity contribution in [1.82, 2.24) is 4.90 Å². The maximum atomic E-state index is 12.9. The van der Waals surface area contributed by atoms with Gasteiger partial charge in [0, 0.05) is 13.1 Å². The molecule has 6 heteroatoms. The molecule has 4 rings (SSSR count). The van der Waals surface area contributed by atoms with Crippen LogP contribution in [-0.4, -0.2) is 23.9 Å². The molecule has 0 N–H and O–H groups in total. The molecule has 0 radical (unpaired) electrons. The molecule has 1 aliphatic carbocycles. The van der Waals surface area contributed by atoms with Gasteiger partial charge in [-0.25, -0.2) is 0 Å². The maximum Gasteiger partial charge on any atom is 0.416 e. The normalized spacial score (nSPS) is 16.9. The Morgan fingerprint density at radius 3 is 2.52 bits per heavy atom. The molecule has 0 atom stereocenters. The van der Waals surface area contributed by atoms with Gasteiger partial charge in [0.15, 0.2) is 0 Å². The zero-order valence-corrected chi connectivity index (χ0v) is 15.7. The van der Waals surface area contributed by atoms with Crippen molar-refractivity contribution in [2.24, 2.45) is 5.92 Å². The Balaban J connectivity index is 1.44. The standard InChI is InChI=1S/C23H19F3N2O/c24-23(25,26)20-6-5-16-11-18(12-19(16)13-20)15-7-9-28(10-8-15)22(29)21-4-2-1-3-17(21)14-27/h1-6,12-13,15H,7-11H2. The van der Waals surface area contributed by atoms with Gasteiger partial charge < -0.3 is 4.90 Å². The van der Waals surface area contributed by atoms with Crippen molar-refractivity contribution < 1.29 is 18.0 Å². The Morgan fingerprint density at radius 2 is 1.83 bits per heavy atom. The number of nitrogens with zero attached hydrogens (tertiary/aromatic N) is 2. The number of hydrogen-bond acceptors (Lipinski definition) is 2. The van der Waals surface area contributed by atoms with E-state index in [1.807, 2.05) is 6.08 Å².